The van der Waals surface area contributed by atoms with E-state index in [4.69, 9.17) is 4.74 Å². The van der Waals surface area contributed by atoms with E-state index in [0.29, 0.717) is 24.2 Å². The maximum atomic E-state index is 12.0. The zero-order valence-electron chi connectivity index (χ0n) is 12.1. The number of H-pyrrole nitrogens is 1. The van der Waals surface area contributed by atoms with Crippen LogP contribution in [0.1, 0.15) is 54.2 Å². The number of rotatable bonds is 5. The SMILES string of the molecule is O=C(NCC[C@H]1CCCOC1)c1cnc(C2CC2)[nH]c1=O. The molecule has 6 nitrogen and oxygen atoms in total. The van der Waals surface area contributed by atoms with Gasteiger partial charge in [-0.3, -0.25) is 9.59 Å². The number of hydrogen-bond acceptors (Lipinski definition) is 4. The second kappa shape index (κ2) is 6.39. The number of aromatic nitrogens is 2. The van der Waals surface area contributed by atoms with Gasteiger partial charge in [-0.15, -0.1) is 0 Å². The van der Waals surface area contributed by atoms with Gasteiger partial charge < -0.3 is 15.0 Å². The standard InChI is InChI=1S/C15H21N3O3/c19-14(16-6-5-10-2-1-7-21-9-10)12-8-17-13(11-3-4-11)18-15(12)20/h8,10-11H,1-7,9H2,(H,16,19)(H,17,18,20)/t10-/m1/s1. The zero-order valence-corrected chi connectivity index (χ0v) is 12.1. The van der Waals surface area contributed by atoms with E-state index in [1.807, 2.05) is 0 Å². The van der Waals surface area contributed by atoms with Crippen molar-refractivity contribution in [2.75, 3.05) is 19.8 Å². The molecule has 1 aliphatic carbocycles. The van der Waals surface area contributed by atoms with Crippen LogP contribution in [-0.2, 0) is 4.74 Å². The van der Waals surface area contributed by atoms with Crippen molar-refractivity contribution in [1.29, 1.82) is 0 Å². The van der Waals surface area contributed by atoms with Crippen molar-refractivity contribution in [2.45, 2.75) is 38.0 Å². The highest BCUT2D eigenvalue weighted by molar-refractivity contribution is 5.93. The van der Waals surface area contributed by atoms with Gasteiger partial charge >= 0.3 is 0 Å². The smallest absolute Gasteiger partial charge is 0.263 e. The van der Waals surface area contributed by atoms with Crippen LogP contribution in [0.25, 0.3) is 0 Å². The Hall–Kier alpha value is -1.69. The van der Waals surface area contributed by atoms with E-state index in [1.54, 1.807) is 0 Å². The second-order valence-corrected chi connectivity index (χ2v) is 5.91. The molecule has 2 aliphatic rings. The monoisotopic (exact) mass is 291 g/mol. The third-order valence-electron chi connectivity index (χ3n) is 4.12. The summed E-state index contributed by atoms with van der Waals surface area (Å²) in [5.41, 5.74) is -0.246. The molecule has 2 fully saturated rings. The normalized spacial score (nSPS) is 22.0. The van der Waals surface area contributed by atoms with Crippen LogP contribution in [0, 0.1) is 5.92 Å². The molecule has 3 rings (SSSR count). The molecule has 1 atom stereocenters. The Kier molecular flexibility index (Phi) is 4.34. The van der Waals surface area contributed by atoms with Gasteiger partial charge in [0.1, 0.15) is 11.4 Å². The molecular weight excluding hydrogens is 270 g/mol. The summed E-state index contributed by atoms with van der Waals surface area (Å²) in [6.45, 7) is 2.18. The first-order valence-corrected chi connectivity index (χ1v) is 7.69. The highest BCUT2D eigenvalue weighted by Gasteiger charge is 2.26. The Morgan fingerprint density at radius 1 is 1.43 bits per heavy atom. The van der Waals surface area contributed by atoms with Crippen molar-refractivity contribution in [2.24, 2.45) is 5.92 Å². The first-order valence-electron chi connectivity index (χ1n) is 7.69. The van der Waals surface area contributed by atoms with Crippen LogP contribution in [0.4, 0.5) is 0 Å². The number of aromatic amines is 1. The minimum atomic E-state index is -0.345. The van der Waals surface area contributed by atoms with Gasteiger partial charge in [-0.25, -0.2) is 4.98 Å². The Bertz CT molecular complexity index is 560. The fraction of sp³-hybridized carbons (Fsp3) is 0.667. The van der Waals surface area contributed by atoms with E-state index >= 15 is 0 Å². The predicted molar refractivity (Wildman–Crippen MR) is 77.3 cm³/mol. The van der Waals surface area contributed by atoms with Gasteiger partial charge in [-0.1, -0.05) is 0 Å². The van der Waals surface area contributed by atoms with Gasteiger partial charge in [0.05, 0.1) is 0 Å². The number of nitrogens with one attached hydrogen (secondary N) is 2. The predicted octanol–water partition coefficient (Wildman–Crippen LogP) is 1.19. The Balaban J connectivity index is 1.51. The topological polar surface area (TPSA) is 84.1 Å². The summed E-state index contributed by atoms with van der Waals surface area (Å²) < 4.78 is 5.41. The molecule has 1 amide bonds. The highest BCUT2D eigenvalue weighted by Crippen LogP contribution is 2.37. The van der Waals surface area contributed by atoms with Gasteiger partial charge in [-0.05, 0) is 38.0 Å². The first-order chi connectivity index (χ1) is 10.2. The largest absolute Gasteiger partial charge is 0.381 e. The molecule has 0 aromatic carbocycles. The van der Waals surface area contributed by atoms with Crippen molar-refractivity contribution >= 4 is 5.91 Å². The van der Waals surface area contributed by atoms with Gasteiger partial charge in [0, 0.05) is 31.9 Å². The summed E-state index contributed by atoms with van der Waals surface area (Å²) in [7, 11) is 0. The molecule has 1 aliphatic heterocycles. The maximum absolute atomic E-state index is 12.0. The summed E-state index contributed by atoms with van der Waals surface area (Å²) in [4.78, 5) is 30.8. The lowest BCUT2D eigenvalue weighted by Crippen LogP contribution is -2.32. The van der Waals surface area contributed by atoms with Gasteiger partial charge in [-0.2, -0.15) is 0 Å². The lowest BCUT2D eigenvalue weighted by atomic mass is 9.99. The summed E-state index contributed by atoms with van der Waals surface area (Å²) >= 11 is 0. The molecule has 6 heteroatoms. The molecule has 1 saturated carbocycles. The third-order valence-corrected chi connectivity index (χ3v) is 4.12. The van der Waals surface area contributed by atoms with Crippen molar-refractivity contribution in [3.05, 3.63) is 27.9 Å². The molecule has 0 spiro atoms. The molecule has 1 saturated heterocycles. The Morgan fingerprint density at radius 2 is 2.29 bits per heavy atom. The lowest BCUT2D eigenvalue weighted by molar-refractivity contribution is 0.0514. The van der Waals surface area contributed by atoms with Crippen LogP contribution >= 0.6 is 0 Å². The van der Waals surface area contributed by atoms with Crippen LogP contribution in [0.3, 0.4) is 0 Å². The van der Waals surface area contributed by atoms with Gasteiger partial charge in [0.2, 0.25) is 0 Å². The molecule has 21 heavy (non-hydrogen) atoms. The Morgan fingerprint density at radius 3 is 2.95 bits per heavy atom. The highest BCUT2D eigenvalue weighted by atomic mass is 16.5. The van der Waals surface area contributed by atoms with Gasteiger partial charge in [0.25, 0.3) is 11.5 Å². The van der Waals surface area contributed by atoms with Crippen LogP contribution < -0.4 is 10.9 Å². The van der Waals surface area contributed by atoms with E-state index in [2.05, 4.69) is 15.3 Å². The average molecular weight is 291 g/mol. The Labute approximate surface area is 123 Å². The number of carbonyl (C=O) groups excluding carboxylic acids is 1. The molecule has 114 valence electrons. The van der Waals surface area contributed by atoms with Crippen LogP contribution in [0.2, 0.25) is 0 Å². The van der Waals surface area contributed by atoms with E-state index in [0.717, 1.165) is 45.3 Å². The fourth-order valence-electron chi connectivity index (χ4n) is 2.65. The number of amides is 1. The summed E-state index contributed by atoms with van der Waals surface area (Å²) in [5.74, 6) is 1.24. The molecule has 1 aromatic heterocycles. The van der Waals surface area contributed by atoms with E-state index in [-0.39, 0.29) is 17.0 Å². The summed E-state index contributed by atoms with van der Waals surface area (Å²) in [6, 6.07) is 0. The summed E-state index contributed by atoms with van der Waals surface area (Å²) in [6.07, 6.45) is 6.65. The lowest BCUT2D eigenvalue weighted by Gasteiger charge is -2.21. The molecular formula is C15H21N3O3. The van der Waals surface area contributed by atoms with Crippen molar-refractivity contribution < 1.29 is 9.53 Å². The first kappa shape index (κ1) is 14.3. The number of ether oxygens (including phenoxy) is 1. The maximum Gasteiger partial charge on any atom is 0.263 e. The van der Waals surface area contributed by atoms with E-state index in [9.17, 15) is 9.59 Å². The molecule has 0 bridgehead atoms. The van der Waals surface area contributed by atoms with Gasteiger partial charge in [0.15, 0.2) is 0 Å². The molecule has 0 unspecified atom stereocenters. The van der Waals surface area contributed by atoms with Crippen molar-refractivity contribution in [3.63, 3.8) is 0 Å². The molecule has 2 heterocycles. The fourth-order valence-corrected chi connectivity index (χ4v) is 2.65. The van der Waals surface area contributed by atoms with Crippen molar-refractivity contribution in [3.8, 4) is 0 Å². The summed E-state index contributed by atoms with van der Waals surface area (Å²) in [5, 5.41) is 2.80. The zero-order chi connectivity index (χ0) is 14.7. The third kappa shape index (κ3) is 3.69. The minimum absolute atomic E-state index is 0.0966. The van der Waals surface area contributed by atoms with Crippen molar-refractivity contribution in [1.82, 2.24) is 15.3 Å². The van der Waals surface area contributed by atoms with E-state index in [1.165, 1.54) is 6.20 Å². The number of carbonyl (C=O) groups is 1. The quantitative estimate of drug-likeness (QED) is 0.853. The minimum Gasteiger partial charge on any atom is -0.381 e. The van der Waals surface area contributed by atoms with Crippen LogP contribution in [0.5, 0.6) is 0 Å². The van der Waals surface area contributed by atoms with Crippen LogP contribution in [-0.4, -0.2) is 35.6 Å². The average Bonchev–Trinajstić information content (AvgIpc) is 3.33. The number of nitrogens with zero attached hydrogens (tertiary/aromatic N) is 1. The molecule has 1 aromatic rings. The molecule has 2 N–H and O–H groups in total. The van der Waals surface area contributed by atoms with Crippen LogP contribution in [0.15, 0.2) is 11.0 Å². The second-order valence-electron chi connectivity index (χ2n) is 5.91. The van der Waals surface area contributed by atoms with E-state index < -0.39 is 0 Å². The number of hydrogen-bond donors (Lipinski definition) is 2. The molecule has 0 radical (unpaired) electrons.